The molecule has 0 unspecified atom stereocenters. The van der Waals surface area contributed by atoms with Gasteiger partial charge in [-0.15, -0.1) is 0 Å². The molecule has 3 aromatic carbocycles. The van der Waals surface area contributed by atoms with E-state index in [0.29, 0.717) is 23.3 Å². The summed E-state index contributed by atoms with van der Waals surface area (Å²) in [4.78, 5) is 0. The first-order valence-electron chi connectivity index (χ1n) is 11.5. The molecule has 0 bridgehead atoms. The Hall–Kier alpha value is 0.0600. The molecule has 0 atom stereocenters. The number of ether oxygens (including phenoxy) is 1. The summed E-state index contributed by atoms with van der Waals surface area (Å²) in [6.45, 7) is 2.50. The molecule has 0 saturated carbocycles. The molecular weight excluding hydrogens is 914 g/mol. The number of nitriles is 3. The van der Waals surface area contributed by atoms with Crippen LogP contribution in [0, 0.1) is 40.9 Å². The number of rotatable bonds is 3. The van der Waals surface area contributed by atoms with Gasteiger partial charge in [0.1, 0.15) is 0 Å². The molecule has 43 heavy (non-hydrogen) atoms. The standard InChI is InChI=1S/C9H8BrNO.C8H5Br2N.C8H6BrN.CCl4.CH3F.CH3O.Na/c1-12-6-8-2-7(5-11)3-9(10)4-8;9-4-6-1-7(5-11)3-8(10)2-6;1-6-2-7(5-10)4-8(9)3-6;2-1(3,4)5;2*1-2;/h2-4H,6H2,1H3;1-3H,4H2;2-4H,1H3;;2*1H3;/q;;;;;-1;+1/i;;;;1D;;. The molecule has 0 aliphatic carbocycles. The van der Waals surface area contributed by atoms with Gasteiger partial charge in [-0.1, -0.05) is 110 Å². The van der Waals surface area contributed by atoms with E-state index < -0.39 is 10.4 Å². The maximum atomic E-state index is 9.96. The van der Waals surface area contributed by atoms with Crippen molar-refractivity contribution in [2.24, 2.45) is 0 Å². The van der Waals surface area contributed by atoms with Gasteiger partial charge in [-0.3, -0.25) is 4.39 Å². The number of alkyl halides is 6. The van der Waals surface area contributed by atoms with Crippen LogP contribution >= 0.6 is 110 Å². The molecule has 0 aliphatic rings. The van der Waals surface area contributed by atoms with Crippen molar-refractivity contribution in [3.63, 3.8) is 0 Å². The van der Waals surface area contributed by atoms with Crippen LogP contribution in [0.15, 0.2) is 68.0 Å². The number of halogens is 9. The van der Waals surface area contributed by atoms with E-state index in [2.05, 4.69) is 81.9 Å². The Morgan fingerprint density at radius 1 is 0.791 bits per heavy atom. The quantitative estimate of drug-likeness (QED) is 0.201. The van der Waals surface area contributed by atoms with Crippen molar-refractivity contribution in [2.75, 3.05) is 21.4 Å². The van der Waals surface area contributed by atoms with E-state index in [1.807, 2.05) is 43.3 Å². The van der Waals surface area contributed by atoms with Crippen molar-refractivity contribution < 1.29 is 45.2 Å². The van der Waals surface area contributed by atoms with Gasteiger partial charge in [0.05, 0.1) is 50.0 Å². The number of hydrogen-bond acceptors (Lipinski definition) is 5. The van der Waals surface area contributed by atoms with Crippen LogP contribution in [-0.2, 0) is 16.7 Å². The van der Waals surface area contributed by atoms with Gasteiger partial charge in [0.2, 0.25) is 0 Å². The molecule has 15 heteroatoms. The first-order chi connectivity index (χ1) is 20.1. The zero-order chi connectivity index (χ0) is 34.0. The van der Waals surface area contributed by atoms with E-state index in [-0.39, 0.29) is 29.6 Å². The molecule has 0 aromatic heterocycles. The number of hydrogen-bond donors (Lipinski definition) is 0. The average molecular weight is 940 g/mol. The average Bonchev–Trinajstić information content (AvgIpc) is 2.93. The number of nitrogens with zero attached hydrogens (tertiary/aromatic N) is 3. The Balaban J connectivity index is -0.000000236. The van der Waals surface area contributed by atoms with Crippen LogP contribution in [0.25, 0.3) is 0 Å². The first kappa shape index (κ1) is 47.5. The molecule has 3 aromatic rings. The fourth-order valence-corrected chi connectivity index (χ4v) is 4.57. The Labute approximate surface area is 330 Å². The third kappa shape index (κ3) is 30.5. The molecule has 0 amide bonds. The summed E-state index contributed by atoms with van der Waals surface area (Å²) in [6, 6.07) is 23.0. The van der Waals surface area contributed by atoms with Gasteiger partial charge in [-0.05, 0) is 78.2 Å². The SMILES string of the molecule is COCc1cc(Br)cc(C#N)c1.C[O-].Cc1cc(Br)cc(C#N)c1.ClC(Cl)(Cl)Cl.N#Cc1cc(Br)cc(CBr)c1.[2H]CF.[Na+]. The van der Waals surface area contributed by atoms with Gasteiger partial charge >= 0.3 is 29.6 Å². The minimum atomic E-state index is -1.61. The van der Waals surface area contributed by atoms with Crippen molar-refractivity contribution >= 4 is 110 Å². The molecule has 0 aliphatic heterocycles. The molecule has 0 saturated heterocycles. The van der Waals surface area contributed by atoms with Crippen LogP contribution in [0.3, 0.4) is 0 Å². The summed E-state index contributed by atoms with van der Waals surface area (Å²) in [7, 11) is 1.38. The largest absolute Gasteiger partial charge is 1.00 e. The fraction of sp³-hybridized carbons (Fsp3) is 0.250. The second-order valence-electron chi connectivity index (χ2n) is 7.04. The van der Waals surface area contributed by atoms with Crippen LogP contribution in [-0.4, -0.2) is 24.6 Å². The van der Waals surface area contributed by atoms with Crippen LogP contribution in [0.1, 0.15) is 34.8 Å². The zero-order valence-corrected chi connectivity index (χ0v) is 34.7. The van der Waals surface area contributed by atoms with Crippen molar-refractivity contribution in [2.45, 2.75) is 22.1 Å². The summed E-state index contributed by atoms with van der Waals surface area (Å²) in [5.74, 6) is 0. The van der Waals surface area contributed by atoms with E-state index in [9.17, 15) is 4.39 Å². The summed E-state index contributed by atoms with van der Waals surface area (Å²) in [5.41, 5.74) is 5.25. The zero-order valence-electron chi connectivity index (χ0n) is 24.4. The van der Waals surface area contributed by atoms with Gasteiger partial charge in [0.25, 0.3) is 3.25 Å². The van der Waals surface area contributed by atoms with Gasteiger partial charge in [-0.25, -0.2) is 0 Å². The first-order valence-corrected chi connectivity index (χ1v) is 15.8. The van der Waals surface area contributed by atoms with Crippen LogP contribution < -0.4 is 34.7 Å². The van der Waals surface area contributed by atoms with Crippen molar-refractivity contribution in [1.82, 2.24) is 0 Å². The van der Waals surface area contributed by atoms with Crippen molar-refractivity contribution in [3.05, 3.63) is 101 Å². The van der Waals surface area contributed by atoms with E-state index in [4.69, 9.17) is 73.4 Å². The van der Waals surface area contributed by atoms with Gasteiger partial charge < -0.3 is 9.84 Å². The molecule has 5 nitrogen and oxygen atoms in total. The maximum Gasteiger partial charge on any atom is 1.00 e. The molecule has 0 heterocycles. The number of aryl methyl sites for hydroxylation is 1. The Kier molecular flexibility index (Phi) is 33.9. The summed E-state index contributed by atoms with van der Waals surface area (Å²) < 4.78 is 21.7. The Bertz CT molecular complexity index is 1330. The molecule has 228 valence electrons. The Morgan fingerprint density at radius 2 is 1.12 bits per heavy atom. The predicted octanol–water partition coefficient (Wildman–Crippen LogP) is 7.43. The fourth-order valence-electron chi connectivity index (χ4n) is 2.56. The minimum absolute atomic E-state index is 0. The van der Waals surface area contributed by atoms with Crippen LogP contribution in [0.5, 0.6) is 0 Å². The monoisotopic (exact) mass is 934 g/mol. The Morgan fingerprint density at radius 3 is 1.44 bits per heavy atom. The summed E-state index contributed by atoms with van der Waals surface area (Å²) in [6.07, 6.45) is 0. The van der Waals surface area contributed by atoms with Crippen molar-refractivity contribution in [1.29, 1.82) is 15.8 Å². The third-order valence-electron chi connectivity index (χ3n) is 3.81. The second kappa shape index (κ2) is 30.7. The van der Waals surface area contributed by atoms with Gasteiger partial charge in [0, 0.05) is 25.9 Å². The molecule has 3 rings (SSSR count). The van der Waals surface area contributed by atoms with Crippen molar-refractivity contribution in [3.8, 4) is 18.2 Å². The third-order valence-corrected chi connectivity index (χ3v) is 5.83. The minimum Gasteiger partial charge on any atom is -0.857 e. The topological polar surface area (TPSA) is 104 Å². The normalized spacial score (nSPS) is 9.02. The van der Waals surface area contributed by atoms with Gasteiger partial charge in [0.15, 0.2) is 0 Å². The van der Waals surface area contributed by atoms with E-state index in [0.717, 1.165) is 42.5 Å². The van der Waals surface area contributed by atoms with Gasteiger partial charge in [-0.2, -0.15) is 22.9 Å². The molecular formula is C28H25Br4Cl4FN3NaO2. The molecule has 0 radical (unpaired) electrons. The molecule has 0 N–H and O–H groups in total. The maximum absolute atomic E-state index is 9.96. The molecule has 0 fully saturated rings. The van der Waals surface area contributed by atoms with Crippen LogP contribution in [0.4, 0.5) is 4.39 Å². The number of benzene rings is 3. The summed E-state index contributed by atoms with van der Waals surface area (Å²) >= 11 is 32.6. The van der Waals surface area contributed by atoms with E-state index in [1.54, 1.807) is 25.3 Å². The summed E-state index contributed by atoms with van der Waals surface area (Å²) in [5, 5.41) is 34.8. The van der Waals surface area contributed by atoms with Crippen LogP contribution in [0.2, 0.25) is 0 Å². The second-order valence-corrected chi connectivity index (χ2v) is 13.8. The predicted molar refractivity (Wildman–Crippen MR) is 184 cm³/mol. The molecule has 0 spiro atoms. The van der Waals surface area contributed by atoms with E-state index in [1.165, 1.54) is 0 Å². The number of methoxy groups -OCH3 is 1. The van der Waals surface area contributed by atoms with E-state index >= 15 is 0 Å². The smallest absolute Gasteiger partial charge is 0.857 e.